The third-order valence-corrected chi connectivity index (χ3v) is 6.74. The van der Waals surface area contributed by atoms with Crippen molar-refractivity contribution < 1.29 is 0 Å². The van der Waals surface area contributed by atoms with Gasteiger partial charge in [0, 0.05) is 6.54 Å². The van der Waals surface area contributed by atoms with Crippen molar-refractivity contribution in [2.75, 3.05) is 17.6 Å². The van der Waals surface area contributed by atoms with Crippen LogP contribution in [-0.2, 0) is 6.42 Å². The Labute approximate surface area is 203 Å². The van der Waals surface area contributed by atoms with Gasteiger partial charge in [-0.05, 0) is 61.6 Å². The summed E-state index contributed by atoms with van der Waals surface area (Å²) >= 11 is 3.39. The van der Waals surface area contributed by atoms with Gasteiger partial charge in [-0.1, -0.05) is 87.9 Å². The molecule has 0 fully saturated rings. The first-order valence-electron chi connectivity index (χ1n) is 11.6. The Balaban J connectivity index is 0.000000364. The average Bonchev–Trinajstić information content (AvgIpc) is 3.18. The van der Waals surface area contributed by atoms with E-state index in [2.05, 4.69) is 87.0 Å². The minimum Gasteiger partial charge on any atom is -0.394 e. The smallest absolute Gasteiger partial charge is 0.183 e. The molecule has 0 radical (unpaired) electrons. The summed E-state index contributed by atoms with van der Waals surface area (Å²) in [6.07, 6.45) is 3.53. The molecule has 1 unspecified atom stereocenters. The van der Waals surface area contributed by atoms with Crippen LogP contribution in [0.2, 0.25) is 0 Å². The maximum absolute atomic E-state index is 5.39. The molecule has 3 N–H and O–H groups in total. The molecule has 0 spiro atoms. The Bertz CT molecular complexity index is 916. The molecule has 0 aliphatic rings. The minimum absolute atomic E-state index is 0.739. The van der Waals surface area contributed by atoms with Gasteiger partial charge in [-0.3, -0.25) is 0 Å². The zero-order chi connectivity index (χ0) is 23.9. The molecule has 0 bridgehead atoms. The van der Waals surface area contributed by atoms with Gasteiger partial charge in [0.1, 0.15) is 0 Å². The van der Waals surface area contributed by atoms with Crippen LogP contribution in [0.5, 0.6) is 0 Å². The summed E-state index contributed by atoms with van der Waals surface area (Å²) in [6.45, 7) is 17.2. The Morgan fingerprint density at radius 3 is 2.41 bits per heavy atom. The molecule has 1 aromatic heterocycles. The van der Waals surface area contributed by atoms with Crippen LogP contribution in [-0.4, -0.2) is 17.3 Å². The summed E-state index contributed by atoms with van der Waals surface area (Å²) in [6, 6.07) is 15.1. The summed E-state index contributed by atoms with van der Waals surface area (Å²) in [5.41, 5.74) is 10.4. The topological polar surface area (TPSA) is 50.9 Å². The van der Waals surface area contributed by atoms with Gasteiger partial charge in [0.05, 0.1) is 15.2 Å². The third kappa shape index (κ3) is 11.1. The number of anilines is 1. The zero-order valence-corrected chi connectivity index (χ0v) is 22.3. The zero-order valence-electron chi connectivity index (χ0n) is 20.7. The highest BCUT2D eigenvalue weighted by Gasteiger charge is 2.03. The number of thiazole rings is 1. The average molecular weight is 472 g/mol. The van der Waals surface area contributed by atoms with Gasteiger partial charge in [-0.25, -0.2) is 4.98 Å². The fourth-order valence-corrected chi connectivity index (χ4v) is 4.54. The number of nitrogens with zero attached hydrogens (tertiary/aromatic N) is 1. The molecule has 3 aromatic rings. The number of aromatic nitrogens is 1. The number of nitrogens with two attached hydrogens (primary N) is 1. The van der Waals surface area contributed by atoms with Gasteiger partial charge < -0.3 is 11.1 Å². The highest BCUT2D eigenvalue weighted by atomic mass is 32.2. The Kier molecular flexibility index (Phi) is 13.8. The van der Waals surface area contributed by atoms with Crippen molar-refractivity contribution in [3.63, 3.8) is 0 Å². The highest BCUT2D eigenvalue weighted by Crippen LogP contribution is 2.26. The molecule has 0 aliphatic carbocycles. The monoisotopic (exact) mass is 471 g/mol. The van der Waals surface area contributed by atoms with E-state index in [9.17, 15) is 0 Å². The standard InChI is InChI=1S/C17H18N2S.C8H17NS.C2H6/c1-12-3-6-14(7-4-12)9-10-18-17-19-15-8-5-13(2)11-16(15)20-17;1-4-7(2)5-6-10-8(3)9;1-2/h3-8,11H,9-10H2,1-2H3,(H,18,19);7H,3-6,9H2,1-2H3;1-2H3. The predicted molar refractivity (Wildman–Crippen MR) is 149 cm³/mol. The molecular formula is C27H41N3S2. The first-order chi connectivity index (χ1) is 15.4. The van der Waals surface area contributed by atoms with E-state index in [4.69, 9.17) is 5.73 Å². The van der Waals surface area contributed by atoms with Gasteiger partial charge in [0.15, 0.2) is 5.13 Å². The molecule has 32 heavy (non-hydrogen) atoms. The second-order valence-corrected chi connectivity index (χ2v) is 10.0. The summed E-state index contributed by atoms with van der Waals surface area (Å²) in [5.74, 6) is 1.94. The molecule has 0 saturated carbocycles. The molecule has 5 heteroatoms. The number of benzene rings is 2. The van der Waals surface area contributed by atoms with Crippen LogP contribution in [0, 0.1) is 19.8 Å². The fourth-order valence-electron chi connectivity index (χ4n) is 2.77. The number of aryl methyl sites for hydroxylation is 2. The molecule has 0 saturated heterocycles. The highest BCUT2D eigenvalue weighted by molar-refractivity contribution is 8.02. The number of hydrogen-bond donors (Lipinski definition) is 2. The molecular weight excluding hydrogens is 430 g/mol. The lowest BCUT2D eigenvalue weighted by Gasteiger charge is -2.06. The summed E-state index contributed by atoms with van der Waals surface area (Å²) in [4.78, 5) is 4.61. The van der Waals surface area contributed by atoms with E-state index in [1.54, 1.807) is 23.1 Å². The van der Waals surface area contributed by atoms with E-state index in [1.165, 1.54) is 34.2 Å². The number of rotatable bonds is 9. The van der Waals surface area contributed by atoms with Crippen molar-refractivity contribution in [3.05, 3.63) is 70.8 Å². The predicted octanol–water partition coefficient (Wildman–Crippen LogP) is 8.18. The van der Waals surface area contributed by atoms with Crippen LogP contribution in [0.1, 0.15) is 57.2 Å². The quantitative estimate of drug-likeness (QED) is 0.330. The lowest BCUT2D eigenvalue weighted by atomic mass is 10.1. The van der Waals surface area contributed by atoms with Gasteiger partial charge in [-0.2, -0.15) is 0 Å². The SMILES string of the molecule is C=C(N)SCCC(C)CC.CC.Cc1ccc(CCNc2nc3ccc(C)cc3s2)cc1. The first-order valence-corrected chi connectivity index (χ1v) is 13.4. The number of nitrogens with one attached hydrogen (secondary N) is 1. The molecule has 3 nitrogen and oxygen atoms in total. The second-order valence-electron chi connectivity index (χ2n) is 7.77. The molecule has 1 atom stereocenters. The summed E-state index contributed by atoms with van der Waals surface area (Å²) < 4.78 is 1.25. The minimum atomic E-state index is 0.739. The van der Waals surface area contributed by atoms with Crippen LogP contribution in [0.15, 0.2) is 54.1 Å². The molecule has 0 amide bonds. The molecule has 1 heterocycles. The van der Waals surface area contributed by atoms with Gasteiger partial charge in [0.25, 0.3) is 0 Å². The number of fused-ring (bicyclic) bond motifs is 1. The second kappa shape index (κ2) is 15.8. The van der Waals surface area contributed by atoms with Gasteiger partial charge >= 0.3 is 0 Å². The lowest BCUT2D eigenvalue weighted by Crippen LogP contribution is -2.04. The van der Waals surface area contributed by atoms with E-state index in [1.807, 2.05) is 13.8 Å². The maximum Gasteiger partial charge on any atom is 0.183 e. The van der Waals surface area contributed by atoms with Crippen molar-refractivity contribution in [1.82, 2.24) is 4.98 Å². The Morgan fingerprint density at radius 2 is 1.78 bits per heavy atom. The Hall–Kier alpha value is -1.98. The summed E-state index contributed by atoms with van der Waals surface area (Å²) in [7, 11) is 0. The number of thioether (sulfide) groups is 1. The molecule has 0 aliphatic heterocycles. The first kappa shape index (κ1) is 28.1. The van der Waals surface area contributed by atoms with E-state index < -0.39 is 0 Å². The van der Waals surface area contributed by atoms with Crippen LogP contribution in [0.4, 0.5) is 5.13 Å². The maximum atomic E-state index is 5.39. The number of hydrogen-bond acceptors (Lipinski definition) is 5. The van der Waals surface area contributed by atoms with Crippen molar-refractivity contribution >= 4 is 38.4 Å². The lowest BCUT2D eigenvalue weighted by molar-refractivity contribution is 0.549. The van der Waals surface area contributed by atoms with Gasteiger partial charge in [-0.15, -0.1) is 11.8 Å². The third-order valence-electron chi connectivity index (χ3n) is 4.95. The van der Waals surface area contributed by atoms with Crippen molar-refractivity contribution in [3.8, 4) is 0 Å². The van der Waals surface area contributed by atoms with Crippen molar-refractivity contribution in [2.24, 2.45) is 11.7 Å². The van der Waals surface area contributed by atoms with Crippen LogP contribution in [0.3, 0.4) is 0 Å². The van der Waals surface area contributed by atoms with E-state index in [0.717, 1.165) is 40.3 Å². The van der Waals surface area contributed by atoms with Crippen molar-refractivity contribution in [2.45, 2.75) is 60.8 Å². The van der Waals surface area contributed by atoms with E-state index in [-0.39, 0.29) is 0 Å². The van der Waals surface area contributed by atoms with Crippen LogP contribution in [0.25, 0.3) is 10.2 Å². The molecule has 3 rings (SSSR count). The fraction of sp³-hybridized carbons (Fsp3) is 0.444. The van der Waals surface area contributed by atoms with E-state index in [0.29, 0.717) is 0 Å². The Morgan fingerprint density at radius 1 is 1.12 bits per heavy atom. The molecule has 2 aromatic carbocycles. The van der Waals surface area contributed by atoms with Gasteiger partial charge in [0.2, 0.25) is 0 Å². The van der Waals surface area contributed by atoms with Crippen molar-refractivity contribution in [1.29, 1.82) is 0 Å². The van der Waals surface area contributed by atoms with Crippen LogP contribution < -0.4 is 11.1 Å². The largest absolute Gasteiger partial charge is 0.394 e. The summed E-state index contributed by atoms with van der Waals surface area (Å²) in [5, 5.41) is 5.17. The normalized spacial score (nSPS) is 11.1. The van der Waals surface area contributed by atoms with E-state index >= 15 is 0 Å². The van der Waals surface area contributed by atoms with Crippen LogP contribution >= 0.6 is 23.1 Å². The molecule has 176 valence electrons.